The van der Waals surface area contributed by atoms with Crippen LogP contribution in [0.5, 0.6) is 0 Å². The second-order valence-electron chi connectivity index (χ2n) is 7.06. The number of allylic oxidation sites excluding steroid dienone is 2. The van der Waals surface area contributed by atoms with Crippen LogP contribution in [-0.4, -0.2) is 23.0 Å². The molecule has 1 heterocycles. The van der Waals surface area contributed by atoms with E-state index in [2.05, 4.69) is 46.2 Å². The summed E-state index contributed by atoms with van der Waals surface area (Å²) < 4.78 is 5.96. The van der Waals surface area contributed by atoms with E-state index < -0.39 is 0 Å². The average Bonchev–Trinajstić information content (AvgIpc) is 2.76. The van der Waals surface area contributed by atoms with E-state index in [9.17, 15) is 4.79 Å². The van der Waals surface area contributed by atoms with Crippen molar-refractivity contribution in [3.8, 4) is 0 Å². The molecule has 1 atom stereocenters. The van der Waals surface area contributed by atoms with Gasteiger partial charge in [-0.1, -0.05) is 58.5 Å². The summed E-state index contributed by atoms with van der Waals surface area (Å²) in [5.74, 6) is -0.369. The first-order valence-electron chi connectivity index (χ1n) is 9.93. The molecule has 2 aromatic carbocycles. The molecule has 4 N–H and O–H groups in total. The molecule has 0 fully saturated rings. The molecule has 1 aliphatic rings. The van der Waals surface area contributed by atoms with Gasteiger partial charge in [-0.05, 0) is 44.2 Å². The van der Waals surface area contributed by atoms with Crippen LogP contribution < -0.4 is 16.4 Å². The van der Waals surface area contributed by atoms with Crippen molar-refractivity contribution < 1.29 is 9.53 Å². The maximum absolute atomic E-state index is 12.2. The van der Waals surface area contributed by atoms with E-state index in [0.717, 1.165) is 32.5 Å². The number of anilines is 2. The van der Waals surface area contributed by atoms with Gasteiger partial charge in [0.05, 0.1) is 5.56 Å². The molecule has 3 rings (SSSR count). The van der Waals surface area contributed by atoms with Gasteiger partial charge in [0, 0.05) is 55.5 Å². The monoisotopic (exact) mass is 549 g/mol. The van der Waals surface area contributed by atoms with Crippen molar-refractivity contribution in [2.75, 3.05) is 22.1 Å². The summed E-state index contributed by atoms with van der Waals surface area (Å²) in [7, 11) is 0. The van der Waals surface area contributed by atoms with Gasteiger partial charge in [-0.2, -0.15) is 0 Å². The highest BCUT2D eigenvalue weighted by atomic mass is 127. The summed E-state index contributed by atoms with van der Waals surface area (Å²) in [6.45, 7) is 4.43. The van der Waals surface area contributed by atoms with Crippen LogP contribution in [0.4, 0.5) is 11.4 Å². The molecule has 0 aromatic heterocycles. The number of nitrogen functional groups attached to an aromatic ring is 1. The van der Waals surface area contributed by atoms with Gasteiger partial charge in [-0.25, -0.2) is 4.79 Å². The second-order valence-corrected chi connectivity index (χ2v) is 8.57. The topological polar surface area (TPSA) is 76.4 Å². The van der Waals surface area contributed by atoms with E-state index in [-0.39, 0.29) is 12.0 Å². The largest absolute Gasteiger partial charge is 0.461 e. The number of esters is 1. The SMILES string of the molecule is C/C=C(/Nc1cccc(Cl)c1)C1=CC(C)NC=C1c1ccc(C(=O)OCCI)cc1N. The van der Waals surface area contributed by atoms with Gasteiger partial charge in [0.1, 0.15) is 6.61 Å². The van der Waals surface area contributed by atoms with Crippen LogP contribution in [0.3, 0.4) is 0 Å². The standard InChI is InChI=1S/C24H25ClIN3O2/c1-3-23(29-18-6-4-5-17(25)13-18)20-11-15(2)28-14-21(20)19-8-7-16(12-22(19)27)24(30)31-10-9-26/h3-8,11-15,28-29H,9-10,27H2,1-2H3/b23-3+. The third kappa shape index (κ3) is 5.83. The molecule has 7 heteroatoms. The van der Waals surface area contributed by atoms with Gasteiger partial charge in [0.2, 0.25) is 0 Å². The number of alkyl halides is 1. The smallest absolute Gasteiger partial charge is 0.338 e. The Morgan fingerprint density at radius 1 is 1.32 bits per heavy atom. The van der Waals surface area contributed by atoms with Gasteiger partial charge in [0.25, 0.3) is 0 Å². The lowest BCUT2D eigenvalue weighted by atomic mass is 9.90. The van der Waals surface area contributed by atoms with Crippen LogP contribution in [0.25, 0.3) is 5.57 Å². The Morgan fingerprint density at radius 2 is 2.13 bits per heavy atom. The Morgan fingerprint density at radius 3 is 2.81 bits per heavy atom. The third-order valence-corrected chi connectivity index (χ3v) is 5.44. The van der Waals surface area contributed by atoms with E-state index >= 15 is 0 Å². The van der Waals surface area contributed by atoms with E-state index in [1.54, 1.807) is 12.1 Å². The number of ether oxygens (including phenoxy) is 1. The molecule has 5 nitrogen and oxygen atoms in total. The number of carbonyl (C=O) groups is 1. The lowest BCUT2D eigenvalue weighted by Gasteiger charge is -2.25. The number of benzene rings is 2. The highest BCUT2D eigenvalue weighted by Gasteiger charge is 2.20. The predicted molar refractivity (Wildman–Crippen MR) is 138 cm³/mol. The molecule has 31 heavy (non-hydrogen) atoms. The molecule has 2 aromatic rings. The first-order valence-corrected chi connectivity index (χ1v) is 11.8. The van der Waals surface area contributed by atoms with Crippen LogP contribution in [0.15, 0.2) is 72.1 Å². The summed E-state index contributed by atoms with van der Waals surface area (Å²) in [4.78, 5) is 12.2. The van der Waals surface area contributed by atoms with Crippen molar-refractivity contribution in [3.05, 3.63) is 88.2 Å². The molecule has 0 radical (unpaired) electrons. The van der Waals surface area contributed by atoms with Crippen molar-refractivity contribution in [1.82, 2.24) is 5.32 Å². The molecular formula is C24H25ClIN3O2. The summed E-state index contributed by atoms with van der Waals surface area (Å²) in [6.07, 6.45) is 6.12. The minimum absolute atomic E-state index is 0.151. The van der Waals surface area contributed by atoms with Crippen LogP contribution in [-0.2, 0) is 4.74 Å². The zero-order chi connectivity index (χ0) is 22.4. The molecule has 0 saturated heterocycles. The molecule has 1 aliphatic heterocycles. The van der Waals surface area contributed by atoms with Crippen molar-refractivity contribution >= 4 is 57.1 Å². The molecule has 0 amide bonds. The van der Waals surface area contributed by atoms with Gasteiger partial charge in [-0.3, -0.25) is 0 Å². The summed E-state index contributed by atoms with van der Waals surface area (Å²) in [5, 5.41) is 7.46. The molecule has 0 spiro atoms. The first-order chi connectivity index (χ1) is 14.9. The lowest BCUT2D eigenvalue weighted by molar-refractivity contribution is 0.0533. The van der Waals surface area contributed by atoms with Crippen molar-refractivity contribution in [2.24, 2.45) is 0 Å². The summed E-state index contributed by atoms with van der Waals surface area (Å²) in [5.41, 5.74) is 11.9. The Labute approximate surface area is 201 Å². The highest BCUT2D eigenvalue weighted by molar-refractivity contribution is 14.1. The number of dihydropyridines is 1. The van der Waals surface area contributed by atoms with Crippen molar-refractivity contribution in [2.45, 2.75) is 19.9 Å². The van der Waals surface area contributed by atoms with E-state index in [1.807, 2.05) is 49.5 Å². The maximum atomic E-state index is 12.2. The summed E-state index contributed by atoms with van der Waals surface area (Å²) in [6, 6.07) is 13.0. The van der Waals surface area contributed by atoms with Crippen LogP contribution in [0.1, 0.15) is 29.8 Å². The molecule has 0 saturated carbocycles. The molecule has 1 unspecified atom stereocenters. The number of rotatable bonds is 7. The molecule has 162 valence electrons. The predicted octanol–water partition coefficient (Wildman–Crippen LogP) is 5.79. The average molecular weight is 550 g/mol. The van der Waals surface area contributed by atoms with Gasteiger partial charge in [-0.15, -0.1) is 0 Å². The van der Waals surface area contributed by atoms with Crippen molar-refractivity contribution in [1.29, 1.82) is 0 Å². The quantitative estimate of drug-likeness (QED) is 0.176. The van der Waals surface area contributed by atoms with E-state index in [1.165, 1.54) is 0 Å². The Bertz CT molecular complexity index is 1060. The van der Waals surface area contributed by atoms with Crippen LogP contribution >= 0.6 is 34.2 Å². The zero-order valence-electron chi connectivity index (χ0n) is 17.4. The Balaban J connectivity index is 1.92. The summed E-state index contributed by atoms with van der Waals surface area (Å²) >= 11 is 8.31. The number of carbonyl (C=O) groups excluding carboxylic acids is 1. The van der Waals surface area contributed by atoms with Crippen molar-refractivity contribution in [3.63, 3.8) is 0 Å². The first kappa shape index (κ1) is 23.2. The van der Waals surface area contributed by atoms with Gasteiger partial charge < -0.3 is 21.1 Å². The highest BCUT2D eigenvalue weighted by Crippen LogP contribution is 2.35. The molecule has 0 aliphatic carbocycles. The minimum Gasteiger partial charge on any atom is -0.461 e. The fourth-order valence-electron chi connectivity index (χ4n) is 3.30. The lowest BCUT2D eigenvalue weighted by Crippen LogP contribution is -2.24. The van der Waals surface area contributed by atoms with Gasteiger partial charge >= 0.3 is 5.97 Å². The van der Waals surface area contributed by atoms with E-state index in [0.29, 0.717) is 22.9 Å². The zero-order valence-corrected chi connectivity index (χ0v) is 20.3. The van der Waals surface area contributed by atoms with Crippen LogP contribution in [0, 0.1) is 0 Å². The molecule has 0 bridgehead atoms. The number of nitrogens with two attached hydrogens (primary N) is 1. The number of hydrogen-bond donors (Lipinski definition) is 3. The maximum Gasteiger partial charge on any atom is 0.338 e. The fourth-order valence-corrected chi connectivity index (χ4v) is 3.71. The van der Waals surface area contributed by atoms with Crippen LogP contribution in [0.2, 0.25) is 5.02 Å². The van der Waals surface area contributed by atoms with E-state index in [4.69, 9.17) is 22.1 Å². The normalized spacial score (nSPS) is 16.1. The Kier molecular flexibility index (Phi) is 8.03. The number of hydrogen-bond acceptors (Lipinski definition) is 5. The Hall–Kier alpha value is -2.45. The molecular weight excluding hydrogens is 525 g/mol. The number of nitrogens with one attached hydrogen (secondary N) is 2. The minimum atomic E-state index is -0.369. The number of halogens is 2. The third-order valence-electron chi connectivity index (χ3n) is 4.77. The second kappa shape index (κ2) is 10.7. The van der Waals surface area contributed by atoms with Gasteiger partial charge in [0.15, 0.2) is 0 Å². The fraction of sp³-hybridized carbons (Fsp3) is 0.208.